The van der Waals surface area contributed by atoms with Crippen molar-refractivity contribution in [3.05, 3.63) is 35.4 Å². The molecule has 116 valence electrons. The van der Waals surface area contributed by atoms with Gasteiger partial charge in [-0.1, -0.05) is 24.3 Å². The third-order valence-corrected chi connectivity index (χ3v) is 3.47. The van der Waals surface area contributed by atoms with E-state index in [1.807, 2.05) is 12.1 Å². The lowest BCUT2D eigenvalue weighted by molar-refractivity contribution is -0.148. The van der Waals surface area contributed by atoms with E-state index >= 15 is 0 Å². The summed E-state index contributed by atoms with van der Waals surface area (Å²) < 4.78 is 15.5. The summed E-state index contributed by atoms with van der Waals surface area (Å²) >= 11 is 0. The molecule has 0 saturated carbocycles. The molecule has 1 aromatic carbocycles. The molecular formula is C16H23NO4. The minimum absolute atomic E-state index is 0.204. The van der Waals surface area contributed by atoms with Crippen molar-refractivity contribution in [2.24, 2.45) is 0 Å². The van der Waals surface area contributed by atoms with Crippen molar-refractivity contribution in [3.63, 3.8) is 0 Å². The molecule has 5 nitrogen and oxygen atoms in total. The number of esters is 1. The van der Waals surface area contributed by atoms with Gasteiger partial charge < -0.3 is 19.5 Å². The van der Waals surface area contributed by atoms with Crippen LogP contribution in [-0.4, -0.2) is 45.5 Å². The van der Waals surface area contributed by atoms with Gasteiger partial charge in [0.2, 0.25) is 0 Å². The van der Waals surface area contributed by atoms with E-state index in [4.69, 9.17) is 14.2 Å². The minimum Gasteiger partial charge on any atom is -0.462 e. The number of fused-ring (bicyclic) bond motifs is 1. The normalized spacial score (nSPS) is 17.3. The molecule has 1 atom stereocenters. The number of nitrogens with one attached hydrogen (secondary N) is 1. The van der Waals surface area contributed by atoms with Gasteiger partial charge in [-0.2, -0.15) is 0 Å². The second-order valence-corrected chi connectivity index (χ2v) is 5.03. The number of methoxy groups -OCH3 is 1. The quantitative estimate of drug-likeness (QED) is 0.578. The van der Waals surface area contributed by atoms with Gasteiger partial charge in [-0.25, -0.2) is 0 Å². The third-order valence-electron chi connectivity index (χ3n) is 3.47. The second kappa shape index (κ2) is 8.77. The molecule has 0 saturated heterocycles. The van der Waals surface area contributed by atoms with E-state index in [0.717, 1.165) is 6.42 Å². The minimum atomic E-state index is -0.256. The molecule has 0 fully saturated rings. The molecule has 0 unspecified atom stereocenters. The van der Waals surface area contributed by atoms with E-state index < -0.39 is 0 Å². The summed E-state index contributed by atoms with van der Waals surface area (Å²) in [4.78, 5) is 12.0. The maximum Gasteiger partial charge on any atom is 0.323 e. The van der Waals surface area contributed by atoms with Crippen LogP contribution in [0.1, 0.15) is 17.5 Å². The average molecular weight is 293 g/mol. The van der Waals surface area contributed by atoms with Gasteiger partial charge in [0.25, 0.3) is 0 Å². The largest absolute Gasteiger partial charge is 0.462 e. The maximum absolute atomic E-state index is 12.0. The van der Waals surface area contributed by atoms with Gasteiger partial charge in [0.1, 0.15) is 12.6 Å². The lowest BCUT2D eigenvalue weighted by Crippen LogP contribution is -2.43. The standard InChI is InChI=1S/C16H23NO4/c1-19-7-4-8-20-9-10-21-16(18)15-11-13-5-2-3-6-14(13)12-17-15/h2-3,5-6,15,17H,4,7-12H2,1H3/t15-/m0/s1. The Bertz CT molecular complexity index is 450. The Hall–Kier alpha value is -1.43. The summed E-state index contributed by atoms with van der Waals surface area (Å²) in [6, 6.07) is 7.90. The van der Waals surface area contributed by atoms with Crippen molar-refractivity contribution < 1.29 is 19.0 Å². The summed E-state index contributed by atoms with van der Waals surface area (Å²) in [6.07, 6.45) is 1.54. The van der Waals surface area contributed by atoms with Gasteiger partial charge in [-0.3, -0.25) is 4.79 Å². The molecule has 0 bridgehead atoms. The van der Waals surface area contributed by atoms with Gasteiger partial charge in [-0.05, 0) is 24.0 Å². The molecule has 1 aliphatic rings. The molecule has 1 N–H and O–H groups in total. The Morgan fingerprint density at radius 1 is 1.19 bits per heavy atom. The molecular weight excluding hydrogens is 270 g/mol. The molecule has 0 radical (unpaired) electrons. The highest BCUT2D eigenvalue weighted by Crippen LogP contribution is 2.16. The molecule has 1 aliphatic heterocycles. The van der Waals surface area contributed by atoms with Crippen LogP contribution in [0.25, 0.3) is 0 Å². The van der Waals surface area contributed by atoms with Crippen LogP contribution in [0.4, 0.5) is 0 Å². The molecule has 2 rings (SSSR count). The van der Waals surface area contributed by atoms with Crippen LogP contribution < -0.4 is 5.32 Å². The van der Waals surface area contributed by atoms with E-state index in [2.05, 4.69) is 17.4 Å². The summed E-state index contributed by atoms with van der Waals surface area (Å²) in [7, 11) is 1.66. The highest BCUT2D eigenvalue weighted by atomic mass is 16.6. The van der Waals surface area contributed by atoms with E-state index in [9.17, 15) is 4.79 Å². The summed E-state index contributed by atoms with van der Waals surface area (Å²) in [5.74, 6) is -0.204. The first-order chi connectivity index (χ1) is 10.3. The van der Waals surface area contributed by atoms with Crippen molar-refractivity contribution in [1.82, 2.24) is 5.32 Å². The topological polar surface area (TPSA) is 56.8 Å². The van der Waals surface area contributed by atoms with E-state index in [0.29, 0.717) is 39.4 Å². The summed E-state index contributed by atoms with van der Waals surface area (Å²) in [6.45, 7) is 2.75. The number of carbonyl (C=O) groups excluding carboxylic acids is 1. The number of hydrogen-bond donors (Lipinski definition) is 1. The molecule has 0 amide bonds. The summed E-state index contributed by atoms with van der Waals surface area (Å²) in [5.41, 5.74) is 2.47. The van der Waals surface area contributed by atoms with Crippen molar-refractivity contribution in [1.29, 1.82) is 0 Å². The van der Waals surface area contributed by atoms with Crippen molar-refractivity contribution in [3.8, 4) is 0 Å². The van der Waals surface area contributed by atoms with E-state index in [1.165, 1.54) is 11.1 Å². The van der Waals surface area contributed by atoms with Crippen LogP contribution in [0.3, 0.4) is 0 Å². The number of ether oxygens (including phenoxy) is 3. The molecule has 1 aromatic rings. The predicted molar refractivity (Wildman–Crippen MR) is 79.0 cm³/mol. The van der Waals surface area contributed by atoms with Gasteiger partial charge >= 0.3 is 5.97 Å². The first-order valence-electron chi connectivity index (χ1n) is 7.34. The molecule has 0 aliphatic carbocycles. The van der Waals surface area contributed by atoms with Gasteiger partial charge in [-0.15, -0.1) is 0 Å². The zero-order valence-electron chi connectivity index (χ0n) is 12.5. The fraction of sp³-hybridized carbons (Fsp3) is 0.562. The predicted octanol–water partition coefficient (Wildman–Crippen LogP) is 1.30. The van der Waals surface area contributed by atoms with Gasteiger partial charge in [0, 0.05) is 26.9 Å². The number of benzene rings is 1. The van der Waals surface area contributed by atoms with Crippen LogP contribution in [0.2, 0.25) is 0 Å². The number of carbonyl (C=O) groups is 1. The second-order valence-electron chi connectivity index (χ2n) is 5.03. The van der Waals surface area contributed by atoms with Crippen LogP contribution in [0, 0.1) is 0 Å². The molecule has 0 aromatic heterocycles. The molecule has 5 heteroatoms. The Morgan fingerprint density at radius 2 is 2.00 bits per heavy atom. The third kappa shape index (κ3) is 5.12. The Kier molecular flexibility index (Phi) is 6.66. The van der Waals surface area contributed by atoms with E-state index in [-0.39, 0.29) is 12.0 Å². The van der Waals surface area contributed by atoms with Crippen molar-refractivity contribution >= 4 is 5.97 Å². The summed E-state index contributed by atoms with van der Waals surface area (Å²) in [5, 5.41) is 3.21. The molecule has 0 spiro atoms. The highest BCUT2D eigenvalue weighted by Gasteiger charge is 2.24. The molecule has 1 heterocycles. The monoisotopic (exact) mass is 293 g/mol. The van der Waals surface area contributed by atoms with Crippen molar-refractivity contribution in [2.45, 2.75) is 25.4 Å². The van der Waals surface area contributed by atoms with Gasteiger partial charge in [0.15, 0.2) is 0 Å². The zero-order chi connectivity index (χ0) is 14.9. The lowest BCUT2D eigenvalue weighted by atomic mass is 9.96. The van der Waals surface area contributed by atoms with Crippen molar-refractivity contribution in [2.75, 3.05) is 33.5 Å². The Labute approximate surface area is 125 Å². The lowest BCUT2D eigenvalue weighted by Gasteiger charge is -2.24. The fourth-order valence-electron chi connectivity index (χ4n) is 2.33. The van der Waals surface area contributed by atoms with Crippen LogP contribution in [0.5, 0.6) is 0 Å². The van der Waals surface area contributed by atoms with Crippen LogP contribution >= 0.6 is 0 Å². The first-order valence-corrected chi connectivity index (χ1v) is 7.34. The van der Waals surface area contributed by atoms with Crippen LogP contribution in [-0.2, 0) is 32.0 Å². The van der Waals surface area contributed by atoms with Crippen LogP contribution in [0.15, 0.2) is 24.3 Å². The Balaban J connectivity index is 1.64. The molecule has 21 heavy (non-hydrogen) atoms. The number of hydrogen-bond acceptors (Lipinski definition) is 5. The zero-order valence-corrected chi connectivity index (χ0v) is 12.5. The average Bonchev–Trinajstić information content (AvgIpc) is 2.53. The smallest absolute Gasteiger partial charge is 0.323 e. The van der Waals surface area contributed by atoms with E-state index in [1.54, 1.807) is 7.11 Å². The van der Waals surface area contributed by atoms with Gasteiger partial charge in [0.05, 0.1) is 6.61 Å². The maximum atomic E-state index is 12.0. The number of rotatable bonds is 8. The highest BCUT2D eigenvalue weighted by molar-refractivity contribution is 5.76. The first kappa shape index (κ1) is 15.9. The fourth-order valence-corrected chi connectivity index (χ4v) is 2.33. The SMILES string of the molecule is COCCCOCCOC(=O)[C@@H]1Cc2ccccc2CN1. The Morgan fingerprint density at radius 3 is 2.81 bits per heavy atom.